The Morgan fingerprint density at radius 1 is 0.591 bits per heavy atom. The smallest absolute Gasteiger partial charge is 0.0601 e. The molecule has 0 saturated carbocycles. The number of ether oxygens (including phenoxy) is 1. The molecule has 0 radical (unpaired) electrons. The molecule has 0 aliphatic heterocycles. The Balaban J connectivity index is 1.75. The van der Waals surface area contributed by atoms with Crippen LogP contribution in [0.1, 0.15) is 49.4 Å². The topological polar surface area (TPSA) is 21.3 Å². The molecule has 2 heteroatoms. The normalized spacial score (nSPS) is 16.8. The first-order valence-corrected chi connectivity index (χ1v) is 15.9. The van der Waals surface area contributed by atoms with Crippen molar-refractivity contribution in [3.05, 3.63) is 156 Å². The van der Waals surface area contributed by atoms with Crippen molar-refractivity contribution in [2.24, 2.45) is 5.92 Å². The minimum absolute atomic E-state index is 0.281. The molecule has 2 unspecified atom stereocenters. The van der Waals surface area contributed by atoms with Gasteiger partial charge < -0.3 is 10.1 Å². The summed E-state index contributed by atoms with van der Waals surface area (Å²) in [6.45, 7) is 8.45. The van der Waals surface area contributed by atoms with E-state index >= 15 is 0 Å². The molecule has 1 aliphatic rings. The lowest BCUT2D eigenvalue weighted by Gasteiger charge is -2.37. The van der Waals surface area contributed by atoms with Gasteiger partial charge in [0.15, 0.2) is 0 Å². The summed E-state index contributed by atoms with van der Waals surface area (Å²) in [6.07, 6.45) is 0.917. The van der Waals surface area contributed by atoms with E-state index in [9.17, 15) is 0 Å². The summed E-state index contributed by atoms with van der Waals surface area (Å²) in [5.41, 5.74) is 12.4. The van der Waals surface area contributed by atoms with E-state index in [0.717, 1.165) is 13.0 Å². The second-order valence-corrected chi connectivity index (χ2v) is 12.5. The van der Waals surface area contributed by atoms with Gasteiger partial charge in [0.2, 0.25) is 0 Å². The Morgan fingerprint density at radius 3 is 1.66 bits per heavy atom. The highest BCUT2D eigenvalue weighted by molar-refractivity contribution is 6.12. The lowest BCUT2D eigenvalue weighted by atomic mass is 9.70. The van der Waals surface area contributed by atoms with Crippen LogP contribution in [0.5, 0.6) is 0 Å². The second-order valence-electron chi connectivity index (χ2n) is 12.5. The van der Waals surface area contributed by atoms with Gasteiger partial charge in [0, 0.05) is 18.6 Å². The predicted octanol–water partition coefficient (Wildman–Crippen LogP) is 9.90. The van der Waals surface area contributed by atoms with E-state index in [1.54, 1.807) is 0 Å². The van der Waals surface area contributed by atoms with E-state index in [4.69, 9.17) is 4.74 Å². The minimum Gasteiger partial charge on any atom is -0.383 e. The molecule has 0 heterocycles. The molecule has 0 spiro atoms. The molecule has 0 fully saturated rings. The third-order valence-electron chi connectivity index (χ3n) is 8.89. The van der Waals surface area contributed by atoms with Crippen molar-refractivity contribution >= 4 is 11.1 Å². The van der Waals surface area contributed by atoms with Crippen molar-refractivity contribution in [1.29, 1.82) is 0 Å². The highest BCUT2D eigenvalue weighted by Crippen LogP contribution is 2.59. The summed E-state index contributed by atoms with van der Waals surface area (Å²) in [5, 5.41) is 3.85. The first-order valence-electron chi connectivity index (χ1n) is 15.9. The highest BCUT2D eigenvalue weighted by Gasteiger charge is 2.48. The average Bonchev–Trinajstić information content (AvgIpc) is 3.34. The van der Waals surface area contributed by atoms with Crippen LogP contribution in [0.2, 0.25) is 0 Å². The molecule has 1 N–H and O–H groups in total. The number of rotatable bonds is 11. The molecule has 2 nitrogen and oxygen atoms in total. The van der Waals surface area contributed by atoms with Gasteiger partial charge in [-0.05, 0) is 81.5 Å². The summed E-state index contributed by atoms with van der Waals surface area (Å²) in [5.74, 6) is 0.578. The van der Waals surface area contributed by atoms with Gasteiger partial charge in [-0.3, -0.25) is 0 Å². The van der Waals surface area contributed by atoms with Crippen LogP contribution in [0, 0.1) is 5.92 Å². The van der Waals surface area contributed by atoms with Gasteiger partial charge >= 0.3 is 0 Å². The maximum atomic E-state index is 6.25. The number of fused-ring (bicyclic) bond motifs is 1. The number of methoxy groups -OCH3 is 1. The van der Waals surface area contributed by atoms with Crippen LogP contribution >= 0.6 is 0 Å². The van der Waals surface area contributed by atoms with Crippen molar-refractivity contribution in [3.8, 4) is 22.3 Å². The molecule has 44 heavy (non-hydrogen) atoms. The molecule has 0 aromatic heterocycles. The molecular formula is C42H43NO. The van der Waals surface area contributed by atoms with E-state index in [0.29, 0.717) is 12.5 Å². The second kappa shape index (κ2) is 13.2. The molecule has 2 atom stereocenters. The minimum atomic E-state index is -0.362. The standard InChI is InChI=1S/C42H43NO/c1-30(2)28-43-31(3)27-42(29-44-4)37-26-25-36(32-17-9-5-10-18-32)38(33-19-11-6-12-20-33)40(37)39(34-21-13-7-14-22-34)41(42)35-23-15-8-16-24-35/h5-26,30-31,43H,27-29H2,1-4H3. The Labute approximate surface area is 263 Å². The van der Waals surface area contributed by atoms with Gasteiger partial charge in [0.25, 0.3) is 0 Å². The number of benzene rings is 5. The van der Waals surface area contributed by atoms with E-state index < -0.39 is 0 Å². The zero-order valence-electron chi connectivity index (χ0n) is 26.4. The fourth-order valence-electron chi connectivity index (χ4n) is 7.14. The Bertz CT molecular complexity index is 1710. The molecule has 5 aromatic rings. The third-order valence-corrected chi connectivity index (χ3v) is 8.89. The third kappa shape index (κ3) is 5.68. The zero-order valence-corrected chi connectivity index (χ0v) is 26.4. The van der Waals surface area contributed by atoms with E-state index in [1.807, 2.05) is 7.11 Å². The predicted molar refractivity (Wildman–Crippen MR) is 187 cm³/mol. The van der Waals surface area contributed by atoms with Crippen LogP contribution in [-0.4, -0.2) is 26.3 Å². The quantitative estimate of drug-likeness (QED) is 0.169. The van der Waals surface area contributed by atoms with Crippen LogP contribution in [0.3, 0.4) is 0 Å². The van der Waals surface area contributed by atoms with Crippen molar-refractivity contribution < 1.29 is 4.74 Å². The van der Waals surface area contributed by atoms with Crippen LogP contribution in [0.4, 0.5) is 0 Å². The van der Waals surface area contributed by atoms with Gasteiger partial charge in [-0.2, -0.15) is 0 Å². The number of nitrogens with one attached hydrogen (secondary N) is 1. The summed E-state index contributed by atoms with van der Waals surface area (Å²) < 4.78 is 6.25. The summed E-state index contributed by atoms with van der Waals surface area (Å²) in [4.78, 5) is 0. The Morgan fingerprint density at radius 2 is 1.11 bits per heavy atom. The summed E-state index contributed by atoms with van der Waals surface area (Å²) in [7, 11) is 1.85. The van der Waals surface area contributed by atoms with Crippen molar-refractivity contribution in [3.63, 3.8) is 0 Å². The maximum absolute atomic E-state index is 6.25. The lowest BCUT2D eigenvalue weighted by molar-refractivity contribution is 0.146. The molecule has 1 aliphatic carbocycles. The monoisotopic (exact) mass is 577 g/mol. The lowest BCUT2D eigenvalue weighted by Crippen LogP contribution is -2.40. The van der Waals surface area contributed by atoms with Crippen molar-refractivity contribution in [2.45, 2.75) is 38.6 Å². The molecule has 5 aromatic carbocycles. The molecule has 6 rings (SSSR count). The molecular weight excluding hydrogens is 534 g/mol. The van der Waals surface area contributed by atoms with Gasteiger partial charge in [-0.15, -0.1) is 0 Å². The Hall–Kier alpha value is -4.24. The Kier molecular flexibility index (Phi) is 8.93. The van der Waals surface area contributed by atoms with Crippen molar-refractivity contribution in [1.82, 2.24) is 5.32 Å². The van der Waals surface area contributed by atoms with E-state index in [-0.39, 0.29) is 11.5 Å². The zero-order chi connectivity index (χ0) is 30.5. The molecule has 222 valence electrons. The molecule has 0 bridgehead atoms. The fraction of sp³-hybridized carbons (Fsp3) is 0.238. The van der Waals surface area contributed by atoms with Gasteiger partial charge in [-0.25, -0.2) is 0 Å². The van der Waals surface area contributed by atoms with Gasteiger partial charge in [-0.1, -0.05) is 147 Å². The number of hydrogen-bond donors (Lipinski definition) is 1. The van der Waals surface area contributed by atoms with Crippen LogP contribution in [0.25, 0.3) is 33.4 Å². The highest BCUT2D eigenvalue weighted by atomic mass is 16.5. The van der Waals surface area contributed by atoms with Crippen LogP contribution < -0.4 is 5.32 Å². The summed E-state index contributed by atoms with van der Waals surface area (Å²) >= 11 is 0. The van der Waals surface area contributed by atoms with Crippen molar-refractivity contribution in [2.75, 3.05) is 20.3 Å². The van der Waals surface area contributed by atoms with E-state index in [2.05, 4.69) is 160 Å². The van der Waals surface area contributed by atoms with Crippen LogP contribution in [0.15, 0.2) is 133 Å². The number of hydrogen-bond acceptors (Lipinski definition) is 2. The first kappa shape index (κ1) is 29.8. The van der Waals surface area contributed by atoms with Gasteiger partial charge in [0.1, 0.15) is 0 Å². The molecule has 0 saturated heterocycles. The molecule has 0 amide bonds. The SMILES string of the molecule is COCC1(CC(C)NCC(C)C)C(c2ccccc2)=C(c2ccccc2)c2c1ccc(-c1ccccc1)c2-c1ccccc1. The maximum Gasteiger partial charge on any atom is 0.0601 e. The average molecular weight is 578 g/mol. The first-order chi connectivity index (χ1) is 21.5. The van der Waals surface area contributed by atoms with Crippen LogP contribution in [-0.2, 0) is 10.2 Å². The van der Waals surface area contributed by atoms with E-state index in [1.165, 1.54) is 55.7 Å². The fourth-order valence-corrected chi connectivity index (χ4v) is 7.14. The summed E-state index contributed by atoms with van der Waals surface area (Å²) in [6, 6.07) is 48.8. The van der Waals surface area contributed by atoms with Gasteiger partial charge in [0.05, 0.1) is 6.61 Å². The largest absolute Gasteiger partial charge is 0.383 e.